The van der Waals surface area contributed by atoms with Crippen LogP contribution in [0.25, 0.3) is 0 Å². The Labute approximate surface area is 163 Å². The summed E-state index contributed by atoms with van der Waals surface area (Å²) in [4.78, 5) is 31.7. The first-order valence-electron chi connectivity index (χ1n) is 9.11. The lowest BCUT2D eigenvalue weighted by molar-refractivity contribution is -0.128. The summed E-state index contributed by atoms with van der Waals surface area (Å²) in [5, 5.41) is 3.45. The number of hydrogen-bond acceptors (Lipinski definition) is 5. The number of carbonyl (C=O) groups is 2. The number of nitrogens with zero attached hydrogens (tertiary/aromatic N) is 2. The number of thiazole rings is 1. The van der Waals surface area contributed by atoms with Gasteiger partial charge >= 0.3 is 0 Å². The Bertz CT molecular complexity index is 818. The number of amides is 2. The molecule has 0 aliphatic carbocycles. The number of nitrogens with one attached hydrogen (secondary N) is 1. The van der Waals surface area contributed by atoms with E-state index in [0.29, 0.717) is 24.1 Å². The molecule has 144 valence electrons. The molecule has 1 atom stereocenters. The summed E-state index contributed by atoms with van der Waals surface area (Å²) in [7, 11) is 1.65. The summed E-state index contributed by atoms with van der Waals surface area (Å²) in [6.45, 7) is 5.33. The molecule has 27 heavy (non-hydrogen) atoms. The normalized spacial score (nSPS) is 16.8. The minimum absolute atomic E-state index is 0.0571. The van der Waals surface area contributed by atoms with Gasteiger partial charge in [-0.15, -0.1) is 11.3 Å². The lowest BCUT2D eigenvalue weighted by Gasteiger charge is -2.18. The molecule has 0 radical (unpaired) electrons. The number of anilines is 1. The second kappa shape index (κ2) is 8.52. The first-order valence-corrected chi connectivity index (χ1v) is 9.92. The van der Waals surface area contributed by atoms with Crippen molar-refractivity contribution in [2.75, 3.05) is 25.5 Å². The molecule has 2 heterocycles. The maximum absolute atomic E-state index is 12.5. The SMILES string of the molecule is COc1cccc(Cc2cnc(NC(=O)[C@H]3CC(=O)N(CC(C)C)C3)s2)c1. The van der Waals surface area contributed by atoms with E-state index in [2.05, 4.69) is 24.1 Å². The Balaban J connectivity index is 1.57. The first-order chi connectivity index (χ1) is 12.9. The number of methoxy groups -OCH3 is 1. The van der Waals surface area contributed by atoms with Crippen molar-refractivity contribution < 1.29 is 14.3 Å². The molecule has 1 aromatic heterocycles. The van der Waals surface area contributed by atoms with Crippen LogP contribution in [0, 0.1) is 11.8 Å². The molecule has 0 saturated carbocycles. The Morgan fingerprint density at radius 1 is 1.44 bits per heavy atom. The molecule has 2 aromatic rings. The van der Waals surface area contributed by atoms with E-state index in [1.54, 1.807) is 18.2 Å². The molecular weight excluding hydrogens is 362 g/mol. The van der Waals surface area contributed by atoms with Crippen molar-refractivity contribution in [3.63, 3.8) is 0 Å². The number of rotatable bonds is 7. The van der Waals surface area contributed by atoms with Crippen molar-refractivity contribution in [1.82, 2.24) is 9.88 Å². The van der Waals surface area contributed by atoms with Crippen LogP contribution in [-0.2, 0) is 16.0 Å². The number of likely N-dealkylation sites (tertiary alicyclic amines) is 1. The molecule has 2 amide bonds. The topological polar surface area (TPSA) is 71.5 Å². The van der Waals surface area contributed by atoms with Crippen LogP contribution >= 0.6 is 11.3 Å². The number of ether oxygens (including phenoxy) is 1. The smallest absolute Gasteiger partial charge is 0.231 e. The molecule has 1 N–H and O–H groups in total. The van der Waals surface area contributed by atoms with Gasteiger partial charge in [-0.3, -0.25) is 9.59 Å². The van der Waals surface area contributed by atoms with Crippen molar-refractivity contribution in [1.29, 1.82) is 0 Å². The Hall–Kier alpha value is -2.41. The zero-order valence-electron chi connectivity index (χ0n) is 15.9. The summed E-state index contributed by atoms with van der Waals surface area (Å²) >= 11 is 1.46. The van der Waals surface area contributed by atoms with Gasteiger partial charge < -0.3 is 15.0 Å². The largest absolute Gasteiger partial charge is 0.497 e. The van der Waals surface area contributed by atoms with Gasteiger partial charge in [-0.25, -0.2) is 4.98 Å². The average Bonchev–Trinajstić information content (AvgIpc) is 3.21. The molecule has 7 heteroatoms. The van der Waals surface area contributed by atoms with Gasteiger partial charge in [0.15, 0.2) is 5.13 Å². The lowest BCUT2D eigenvalue weighted by Crippen LogP contribution is -2.31. The van der Waals surface area contributed by atoms with E-state index in [4.69, 9.17) is 4.74 Å². The van der Waals surface area contributed by atoms with Gasteiger partial charge in [0.05, 0.1) is 13.0 Å². The van der Waals surface area contributed by atoms with Gasteiger partial charge in [-0.05, 0) is 23.6 Å². The standard InChI is InChI=1S/C20H25N3O3S/c1-13(2)11-23-12-15(9-18(23)24)19(25)22-20-21-10-17(27-20)8-14-5-4-6-16(7-14)26-3/h4-7,10,13,15H,8-9,11-12H2,1-3H3,(H,21,22,25)/t15-/m0/s1. The summed E-state index contributed by atoms with van der Waals surface area (Å²) < 4.78 is 5.25. The van der Waals surface area contributed by atoms with Crippen LogP contribution in [0.1, 0.15) is 30.7 Å². The monoisotopic (exact) mass is 387 g/mol. The third kappa shape index (κ3) is 5.07. The fraction of sp³-hybridized carbons (Fsp3) is 0.450. The number of benzene rings is 1. The first kappa shape index (κ1) is 19.4. The Morgan fingerprint density at radius 2 is 2.26 bits per heavy atom. The van der Waals surface area contributed by atoms with E-state index in [1.807, 2.05) is 24.3 Å². The highest BCUT2D eigenvalue weighted by atomic mass is 32.1. The minimum atomic E-state index is -0.304. The van der Waals surface area contributed by atoms with E-state index in [9.17, 15) is 9.59 Å². The quantitative estimate of drug-likeness (QED) is 0.792. The molecule has 0 unspecified atom stereocenters. The highest BCUT2D eigenvalue weighted by molar-refractivity contribution is 7.15. The predicted octanol–water partition coefficient (Wildman–Crippen LogP) is 3.19. The molecule has 3 rings (SSSR count). The summed E-state index contributed by atoms with van der Waals surface area (Å²) in [6.07, 6.45) is 2.79. The number of carbonyl (C=O) groups excluding carboxylic acids is 2. The fourth-order valence-electron chi connectivity index (χ4n) is 3.20. The predicted molar refractivity (Wildman–Crippen MR) is 106 cm³/mol. The third-order valence-corrected chi connectivity index (χ3v) is 5.38. The van der Waals surface area contributed by atoms with Gasteiger partial charge in [-0.2, -0.15) is 0 Å². The minimum Gasteiger partial charge on any atom is -0.497 e. The fourth-order valence-corrected chi connectivity index (χ4v) is 4.05. The molecule has 1 fully saturated rings. The van der Waals surface area contributed by atoms with Crippen LogP contribution in [-0.4, -0.2) is 41.9 Å². The second-order valence-corrected chi connectivity index (χ2v) is 8.36. The average molecular weight is 388 g/mol. The summed E-state index contributed by atoms with van der Waals surface area (Å²) in [5.41, 5.74) is 1.13. The zero-order valence-corrected chi connectivity index (χ0v) is 16.7. The number of aromatic nitrogens is 1. The van der Waals surface area contributed by atoms with Crippen molar-refractivity contribution >= 4 is 28.3 Å². The van der Waals surface area contributed by atoms with Gasteiger partial charge in [-0.1, -0.05) is 26.0 Å². The van der Waals surface area contributed by atoms with Crippen molar-refractivity contribution in [3.8, 4) is 5.75 Å². The second-order valence-electron chi connectivity index (χ2n) is 7.24. The molecule has 6 nitrogen and oxygen atoms in total. The van der Waals surface area contributed by atoms with Crippen molar-refractivity contribution in [2.24, 2.45) is 11.8 Å². The van der Waals surface area contributed by atoms with Crippen LogP contribution in [0.4, 0.5) is 5.13 Å². The van der Waals surface area contributed by atoms with Crippen LogP contribution in [0.5, 0.6) is 5.75 Å². The summed E-state index contributed by atoms with van der Waals surface area (Å²) in [6, 6.07) is 7.89. The van der Waals surface area contributed by atoms with E-state index in [1.165, 1.54) is 11.3 Å². The summed E-state index contributed by atoms with van der Waals surface area (Å²) in [5.74, 6) is 0.844. The van der Waals surface area contributed by atoms with E-state index >= 15 is 0 Å². The van der Waals surface area contributed by atoms with Crippen molar-refractivity contribution in [2.45, 2.75) is 26.7 Å². The van der Waals surface area contributed by atoms with Gasteiger partial charge in [0.2, 0.25) is 11.8 Å². The van der Waals surface area contributed by atoms with Crippen LogP contribution in [0.2, 0.25) is 0 Å². The van der Waals surface area contributed by atoms with Gasteiger partial charge in [0.25, 0.3) is 0 Å². The molecule has 1 aliphatic heterocycles. The highest BCUT2D eigenvalue weighted by Crippen LogP contribution is 2.25. The van der Waals surface area contributed by atoms with E-state index in [-0.39, 0.29) is 24.2 Å². The maximum atomic E-state index is 12.5. The Kier molecular flexibility index (Phi) is 6.11. The lowest BCUT2D eigenvalue weighted by atomic mass is 10.1. The van der Waals surface area contributed by atoms with E-state index in [0.717, 1.165) is 22.6 Å². The molecule has 1 aliphatic rings. The molecule has 1 aromatic carbocycles. The Morgan fingerprint density at radius 3 is 3.00 bits per heavy atom. The van der Waals surface area contributed by atoms with Crippen molar-refractivity contribution in [3.05, 3.63) is 40.9 Å². The molecule has 0 spiro atoms. The molecule has 1 saturated heterocycles. The molecular formula is C20H25N3O3S. The number of hydrogen-bond donors (Lipinski definition) is 1. The zero-order chi connectivity index (χ0) is 19.4. The van der Waals surface area contributed by atoms with Crippen LogP contribution in [0.3, 0.4) is 0 Å². The van der Waals surface area contributed by atoms with Crippen LogP contribution < -0.4 is 10.1 Å². The van der Waals surface area contributed by atoms with Gasteiger partial charge in [0.1, 0.15) is 5.75 Å². The third-order valence-electron chi connectivity index (χ3n) is 4.47. The van der Waals surface area contributed by atoms with Crippen LogP contribution in [0.15, 0.2) is 30.5 Å². The van der Waals surface area contributed by atoms with E-state index < -0.39 is 0 Å². The maximum Gasteiger partial charge on any atom is 0.231 e. The van der Waals surface area contributed by atoms with Gasteiger partial charge in [0, 0.05) is 37.0 Å². The highest BCUT2D eigenvalue weighted by Gasteiger charge is 2.34. The molecule has 0 bridgehead atoms.